The summed E-state index contributed by atoms with van der Waals surface area (Å²) in [6.45, 7) is -0.648. The van der Waals surface area contributed by atoms with Gasteiger partial charge in [-0.05, 0) is 34.7 Å². The molecule has 22 heavy (non-hydrogen) atoms. The average Bonchev–Trinajstić information content (AvgIpc) is 2.50. The molecule has 0 radical (unpaired) electrons. The molecule has 0 aliphatic carbocycles. The van der Waals surface area contributed by atoms with Crippen LogP contribution in [0, 0.1) is 3.57 Å². The lowest BCUT2D eigenvalue weighted by molar-refractivity contribution is -0.266. The van der Waals surface area contributed by atoms with E-state index in [0.717, 1.165) is 3.57 Å². The van der Waals surface area contributed by atoms with Crippen LogP contribution >= 0.6 is 34.8 Å². The third-order valence-electron chi connectivity index (χ3n) is 3.59. The van der Waals surface area contributed by atoms with E-state index in [1.807, 2.05) is 12.1 Å². The van der Waals surface area contributed by atoms with Crippen molar-refractivity contribution in [2.24, 2.45) is 5.73 Å². The highest BCUT2D eigenvalue weighted by molar-refractivity contribution is 14.1. The van der Waals surface area contributed by atoms with E-state index in [9.17, 15) is 20.4 Å². The van der Waals surface area contributed by atoms with Gasteiger partial charge in [0.25, 0.3) is 0 Å². The highest BCUT2D eigenvalue weighted by Crippen LogP contribution is 2.31. The molecule has 1 fully saturated rings. The molecule has 1 aromatic carbocycles. The number of hydrogen-bond acceptors (Lipinski definition) is 7. The third kappa shape index (κ3) is 3.12. The number of aliphatic hydroxyl groups is 4. The molecular formula is C13H17IN2O5S. The van der Waals surface area contributed by atoms with Crippen molar-refractivity contribution >= 4 is 45.5 Å². The Kier molecular flexibility index (Phi) is 5.72. The second-order valence-electron chi connectivity index (χ2n) is 4.98. The maximum absolute atomic E-state index is 10.8. The lowest BCUT2D eigenvalue weighted by Crippen LogP contribution is -2.72. The van der Waals surface area contributed by atoms with E-state index in [1.165, 1.54) is 0 Å². The lowest BCUT2D eigenvalue weighted by Gasteiger charge is -2.47. The van der Waals surface area contributed by atoms with Crippen molar-refractivity contribution in [1.82, 2.24) is 0 Å². The number of nitrogens with one attached hydrogen (secondary N) is 1. The maximum Gasteiger partial charge on any atom is 0.173 e. The first-order chi connectivity index (χ1) is 10.3. The highest BCUT2D eigenvalue weighted by atomic mass is 127. The summed E-state index contributed by atoms with van der Waals surface area (Å²) in [5.74, 6) is 0. The predicted octanol–water partition coefficient (Wildman–Crippen LogP) is -0.841. The van der Waals surface area contributed by atoms with Gasteiger partial charge in [0.15, 0.2) is 11.9 Å². The van der Waals surface area contributed by atoms with Crippen molar-refractivity contribution in [3.8, 4) is 0 Å². The van der Waals surface area contributed by atoms with Gasteiger partial charge in [0.1, 0.15) is 17.2 Å². The third-order valence-corrected chi connectivity index (χ3v) is 4.96. The second kappa shape index (κ2) is 7.01. The van der Waals surface area contributed by atoms with Gasteiger partial charge in [-0.1, -0.05) is 24.4 Å². The van der Waals surface area contributed by atoms with Crippen molar-refractivity contribution in [2.45, 2.75) is 30.1 Å². The van der Waals surface area contributed by atoms with Crippen LogP contribution in [0.2, 0.25) is 0 Å². The van der Waals surface area contributed by atoms with Crippen LogP contribution in [0.4, 0.5) is 5.69 Å². The molecule has 1 aliphatic rings. The molecule has 1 aromatic rings. The number of aliphatic hydroxyl groups excluding tert-OH is 3. The molecule has 1 unspecified atom stereocenters. The number of nitrogens with two attached hydrogens (primary N) is 1. The molecule has 2 rings (SSSR count). The molecule has 0 spiro atoms. The molecular weight excluding hydrogens is 423 g/mol. The number of anilines is 1. The van der Waals surface area contributed by atoms with E-state index >= 15 is 0 Å². The normalized spacial score (nSPS) is 35.2. The first-order valence-corrected chi connectivity index (χ1v) is 7.97. The SMILES string of the molecule is N[C@H]1C(O)O[C@H](CO)[C@](O)(C(=S)Nc2ccccc2I)[C@@H]1O. The van der Waals surface area contributed by atoms with Gasteiger partial charge < -0.3 is 36.2 Å². The fraction of sp³-hybridized carbons (Fsp3) is 0.462. The molecule has 9 heteroatoms. The van der Waals surface area contributed by atoms with Gasteiger partial charge in [-0.25, -0.2) is 0 Å². The molecule has 5 atom stereocenters. The predicted molar refractivity (Wildman–Crippen MR) is 92.3 cm³/mol. The number of ether oxygens (including phenoxy) is 1. The lowest BCUT2D eigenvalue weighted by atomic mass is 9.83. The molecule has 1 saturated heterocycles. The van der Waals surface area contributed by atoms with Crippen molar-refractivity contribution in [1.29, 1.82) is 0 Å². The Bertz CT molecular complexity index is 559. The summed E-state index contributed by atoms with van der Waals surface area (Å²) in [4.78, 5) is -0.148. The average molecular weight is 440 g/mol. The monoisotopic (exact) mass is 440 g/mol. The van der Waals surface area contributed by atoms with E-state index in [1.54, 1.807) is 12.1 Å². The smallest absolute Gasteiger partial charge is 0.173 e. The van der Waals surface area contributed by atoms with E-state index in [0.29, 0.717) is 5.69 Å². The minimum absolute atomic E-state index is 0.148. The summed E-state index contributed by atoms with van der Waals surface area (Å²) in [6.07, 6.45) is -4.42. The van der Waals surface area contributed by atoms with Crippen LogP contribution in [0.15, 0.2) is 24.3 Å². The van der Waals surface area contributed by atoms with Crippen molar-refractivity contribution in [2.75, 3.05) is 11.9 Å². The second-order valence-corrected chi connectivity index (χ2v) is 6.55. The number of hydrogen-bond donors (Lipinski definition) is 6. The van der Waals surface area contributed by atoms with E-state index < -0.39 is 36.7 Å². The van der Waals surface area contributed by atoms with E-state index in [2.05, 4.69) is 27.9 Å². The van der Waals surface area contributed by atoms with Gasteiger partial charge in [0.2, 0.25) is 0 Å². The summed E-state index contributed by atoms with van der Waals surface area (Å²) < 4.78 is 5.91. The van der Waals surface area contributed by atoms with Crippen LogP contribution in [0.1, 0.15) is 0 Å². The number of rotatable bonds is 3. The zero-order chi connectivity index (χ0) is 16.5. The van der Waals surface area contributed by atoms with Gasteiger partial charge in [0, 0.05) is 3.57 Å². The Morgan fingerprint density at radius 3 is 2.64 bits per heavy atom. The first-order valence-electron chi connectivity index (χ1n) is 6.48. The summed E-state index contributed by atoms with van der Waals surface area (Å²) in [7, 11) is 0. The van der Waals surface area contributed by atoms with Crippen molar-refractivity contribution in [3.05, 3.63) is 27.8 Å². The Balaban J connectivity index is 2.30. The molecule has 0 amide bonds. The molecule has 1 aliphatic heterocycles. The Labute approximate surface area is 146 Å². The standard InChI is InChI=1S/C13H17IN2O5S/c14-6-3-1-2-4-7(6)16-12(22)13(20)8(5-17)21-11(19)9(15)10(13)18/h1-4,8-11,17-20H,5,15H2,(H,16,22)/t8-,9-,10-,11?,13-/m1/s1. The van der Waals surface area contributed by atoms with Crippen molar-refractivity contribution in [3.63, 3.8) is 0 Å². The Hall–Kier alpha value is -0.400. The molecule has 122 valence electrons. The topological polar surface area (TPSA) is 128 Å². The molecule has 7 nitrogen and oxygen atoms in total. The fourth-order valence-electron chi connectivity index (χ4n) is 2.25. The Morgan fingerprint density at radius 1 is 1.41 bits per heavy atom. The van der Waals surface area contributed by atoms with Crippen LogP contribution < -0.4 is 11.1 Å². The van der Waals surface area contributed by atoms with Gasteiger partial charge in [0.05, 0.1) is 18.3 Å². The number of benzene rings is 1. The van der Waals surface area contributed by atoms with Gasteiger partial charge in [-0.2, -0.15) is 0 Å². The molecule has 0 saturated carbocycles. The number of para-hydroxylation sites is 1. The summed E-state index contributed by atoms with van der Waals surface area (Å²) in [6, 6.07) is 5.94. The summed E-state index contributed by atoms with van der Waals surface area (Å²) in [5, 5.41) is 42.8. The van der Waals surface area contributed by atoms with Gasteiger partial charge >= 0.3 is 0 Å². The van der Waals surface area contributed by atoms with E-state index in [4.69, 9.17) is 22.7 Å². The zero-order valence-corrected chi connectivity index (χ0v) is 14.4. The molecule has 1 heterocycles. The Morgan fingerprint density at radius 2 is 2.05 bits per heavy atom. The molecule has 7 N–H and O–H groups in total. The number of thiocarbonyl (C=S) groups is 1. The van der Waals surface area contributed by atoms with Crippen LogP contribution in [-0.2, 0) is 4.74 Å². The number of halogens is 1. The van der Waals surface area contributed by atoms with Crippen LogP contribution in [0.3, 0.4) is 0 Å². The van der Waals surface area contributed by atoms with Crippen LogP contribution in [0.5, 0.6) is 0 Å². The van der Waals surface area contributed by atoms with Gasteiger partial charge in [-0.3, -0.25) is 0 Å². The summed E-state index contributed by atoms with van der Waals surface area (Å²) >= 11 is 7.27. The molecule has 0 bridgehead atoms. The van der Waals surface area contributed by atoms with Crippen LogP contribution in [0.25, 0.3) is 0 Å². The minimum Gasteiger partial charge on any atom is -0.394 e. The zero-order valence-electron chi connectivity index (χ0n) is 11.4. The quantitative estimate of drug-likeness (QED) is 0.265. The molecule has 0 aromatic heterocycles. The largest absolute Gasteiger partial charge is 0.394 e. The van der Waals surface area contributed by atoms with E-state index in [-0.39, 0.29) is 4.99 Å². The highest BCUT2D eigenvalue weighted by Gasteiger charge is 2.56. The summed E-state index contributed by atoms with van der Waals surface area (Å²) in [5.41, 5.74) is 4.13. The van der Waals surface area contributed by atoms with Crippen molar-refractivity contribution < 1.29 is 25.2 Å². The fourth-order valence-corrected chi connectivity index (χ4v) is 3.13. The van der Waals surface area contributed by atoms with Gasteiger partial charge in [-0.15, -0.1) is 0 Å². The van der Waals surface area contributed by atoms with Crippen LogP contribution in [-0.4, -0.2) is 62.2 Å². The first kappa shape index (κ1) is 17.9. The maximum atomic E-state index is 10.8. The minimum atomic E-state index is -2.12.